The summed E-state index contributed by atoms with van der Waals surface area (Å²) in [5.74, 6) is 1.91. The maximum Gasteiger partial charge on any atom is 0.311 e. The lowest BCUT2D eigenvalue weighted by atomic mass is 10.1. The molecule has 0 unspecified atom stereocenters. The molecule has 168 valence electrons. The van der Waals surface area contributed by atoms with E-state index in [0.717, 1.165) is 49.2 Å². The minimum Gasteiger partial charge on any atom is -0.493 e. The number of allylic oxidation sites excluding steroid dienone is 1. The number of carbonyl (C=O) groups excluding carboxylic acids is 1. The largest absolute Gasteiger partial charge is 0.493 e. The van der Waals surface area contributed by atoms with Crippen molar-refractivity contribution in [2.45, 2.75) is 71.6 Å². The fourth-order valence-corrected chi connectivity index (χ4v) is 3.26. The van der Waals surface area contributed by atoms with E-state index < -0.39 is 0 Å². The van der Waals surface area contributed by atoms with Gasteiger partial charge in [0.1, 0.15) is 11.5 Å². The van der Waals surface area contributed by atoms with E-state index in [0.29, 0.717) is 18.1 Å². The number of rotatable bonds is 15. The van der Waals surface area contributed by atoms with Gasteiger partial charge in [0, 0.05) is 6.42 Å². The van der Waals surface area contributed by atoms with Gasteiger partial charge in [-0.05, 0) is 60.6 Å². The number of benzene rings is 2. The molecule has 0 spiro atoms. The molecule has 2 aromatic rings. The first-order valence-corrected chi connectivity index (χ1v) is 11.8. The van der Waals surface area contributed by atoms with Crippen LogP contribution in [0.15, 0.2) is 61.2 Å². The number of unbranched alkanes of at least 4 members (excludes halogenated alkanes) is 6. The Morgan fingerprint density at radius 1 is 0.871 bits per heavy atom. The highest BCUT2D eigenvalue weighted by Gasteiger charge is 2.06. The van der Waals surface area contributed by atoms with E-state index in [2.05, 4.69) is 32.6 Å². The molecule has 0 fully saturated rings. The summed E-state index contributed by atoms with van der Waals surface area (Å²) in [6.07, 6.45) is 11.5. The standard InChI is InChI=1S/C28H38O3/c1-4-6-7-8-9-10-11-12-13-28(29)31-27-20-16-25(17-21-27)24-14-18-26(19-15-24)30-22-23(3)5-2/h4,14-21,23H,1,5-13,22H2,2-3H3/t23-/m0/s1. The van der Waals surface area contributed by atoms with Crippen LogP contribution in [0.25, 0.3) is 11.1 Å². The Kier molecular flexibility index (Phi) is 11.5. The van der Waals surface area contributed by atoms with E-state index >= 15 is 0 Å². The number of hydrogen-bond donors (Lipinski definition) is 0. The summed E-state index contributed by atoms with van der Waals surface area (Å²) in [6.45, 7) is 8.85. The van der Waals surface area contributed by atoms with Crippen LogP contribution in [0.3, 0.4) is 0 Å². The van der Waals surface area contributed by atoms with Crippen LogP contribution >= 0.6 is 0 Å². The molecule has 0 saturated carbocycles. The normalized spacial score (nSPS) is 11.7. The molecule has 0 N–H and O–H groups in total. The van der Waals surface area contributed by atoms with Gasteiger partial charge in [0.25, 0.3) is 0 Å². The van der Waals surface area contributed by atoms with E-state index in [1.165, 1.54) is 25.7 Å². The first-order chi connectivity index (χ1) is 15.1. The van der Waals surface area contributed by atoms with Crippen molar-refractivity contribution in [2.75, 3.05) is 6.61 Å². The smallest absolute Gasteiger partial charge is 0.311 e. The molecule has 3 heteroatoms. The zero-order valence-corrected chi connectivity index (χ0v) is 19.3. The molecule has 0 bridgehead atoms. The quantitative estimate of drug-likeness (QED) is 0.126. The fraction of sp³-hybridized carbons (Fsp3) is 0.464. The van der Waals surface area contributed by atoms with Crippen LogP contribution in [0.4, 0.5) is 0 Å². The van der Waals surface area contributed by atoms with Gasteiger partial charge in [-0.15, -0.1) is 6.58 Å². The van der Waals surface area contributed by atoms with Gasteiger partial charge in [-0.1, -0.05) is 76.3 Å². The molecule has 0 radical (unpaired) electrons. The minimum atomic E-state index is -0.151. The Balaban J connectivity index is 1.71. The van der Waals surface area contributed by atoms with E-state index in [1.807, 2.05) is 42.5 Å². The Labute approximate surface area is 188 Å². The molecular weight excluding hydrogens is 384 g/mol. The van der Waals surface area contributed by atoms with Gasteiger partial charge in [0.15, 0.2) is 0 Å². The monoisotopic (exact) mass is 422 g/mol. The second kappa shape index (κ2) is 14.5. The number of hydrogen-bond acceptors (Lipinski definition) is 3. The van der Waals surface area contributed by atoms with Crippen molar-refractivity contribution in [3.63, 3.8) is 0 Å². The summed E-state index contributed by atoms with van der Waals surface area (Å²) in [5, 5.41) is 0. The summed E-state index contributed by atoms with van der Waals surface area (Å²) < 4.78 is 11.3. The van der Waals surface area contributed by atoms with Gasteiger partial charge >= 0.3 is 5.97 Å². The summed E-state index contributed by atoms with van der Waals surface area (Å²) in [5.41, 5.74) is 2.20. The van der Waals surface area contributed by atoms with Crippen molar-refractivity contribution in [2.24, 2.45) is 5.92 Å². The van der Waals surface area contributed by atoms with Crippen LogP contribution in [0.2, 0.25) is 0 Å². The fourth-order valence-electron chi connectivity index (χ4n) is 3.26. The Hall–Kier alpha value is -2.55. The summed E-state index contributed by atoms with van der Waals surface area (Å²) in [4.78, 5) is 12.1. The highest BCUT2D eigenvalue weighted by molar-refractivity contribution is 5.73. The first-order valence-electron chi connectivity index (χ1n) is 11.8. The molecule has 1 atom stereocenters. The Morgan fingerprint density at radius 3 is 2.00 bits per heavy atom. The molecule has 0 aliphatic heterocycles. The lowest BCUT2D eigenvalue weighted by molar-refractivity contribution is -0.134. The zero-order chi connectivity index (χ0) is 22.3. The molecular formula is C28H38O3. The van der Waals surface area contributed by atoms with Gasteiger partial charge in [-0.3, -0.25) is 4.79 Å². The second-order valence-electron chi connectivity index (χ2n) is 8.30. The lowest BCUT2D eigenvalue weighted by Crippen LogP contribution is -2.07. The van der Waals surface area contributed by atoms with E-state index in [1.54, 1.807) is 0 Å². The predicted octanol–water partition coefficient (Wildman–Crippen LogP) is 7.99. The predicted molar refractivity (Wildman–Crippen MR) is 130 cm³/mol. The van der Waals surface area contributed by atoms with Crippen molar-refractivity contribution < 1.29 is 14.3 Å². The van der Waals surface area contributed by atoms with E-state index in [9.17, 15) is 4.79 Å². The minimum absolute atomic E-state index is 0.151. The van der Waals surface area contributed by atoms with Crippen molar-refractivity contribution in [1.82, 2.24) is 0 Å². The van der Waals surface area contributed by atoms with Gasteiger partial charge in [-0.2, -0.15) is 0 Å². The molecule has 0 saturated heterocycles. The maximum atomic E-state index is 12.1. The third kappa shape index (κ3) is 9.87. The van der Waals surface area contributed by atoms with Crippen molar-refractivity contribution >= 4 is 5.97 Å². The number of ether oxygens (including phenoxy) is 2. The molecule has 0 aliphatic carbocycles. The maximum absolute atomic E-state index is 12.1. The van der Waals surface area contributed by atoms with Crippen molar-refractivity contribution in [3.05, 3.63) is 61.2 Å². The molecule has 0 amide bonds. The summed E-state index contributed by atoms with van der Waals surface area (Å²) in [7, 11) is 0. The molecule has 31 heavy (non-hydrogen) atoms. The van der Waals surface area contributed by atoms with Gasteiger partial charge in [0.05, 0.1) is 6.61 Å². The van der Waals surface area contributed by atoms with Gasteiger partial charge in [-0.25, -0.2) is 0 Å². The Morgan fingerprint density at radius 2 is 1.42 bits per heavy atom. The molecule has 0 heterocycles. The first kappa shape index (κ1) is 24.7. The van der Waals surface area contributed by atoms with Crippen LogP contribution < -0.4 is 9.47 Å². The highest BCUT2D eigenvalue weighted by atomic mass is 16.5. The number of carbonyl (C=O) groups is 1. The van der Waals surface area contributed by atoms with E-state index in [4.69, 9.17) is 9.47 Å². The van der Waals surface area contributed by atoms with Crippen LogP contribution in [0.5, 0.6) is 11.5 Å². The van der Waals surface area contributed by atoms with Crippen LogP contribution in [-0.2, 0) is 4.79 Å². The van der Waals surface area contributed by atoms with Crippen molar-refractivity contribution in [1.29, 1.82) is 0 Å². The SMILES string of the molecule is C=CCCCCCCCCC(=O)Oc1ccc(-c2ccc(OC[C@@H](C)CC)cc2)cc1. The molecule has 0 aliphatic rings. The van der Waals surface area contributed by atoms with Crippen LogP contribution in [0.1, 0.15) is 71.6 Å². The third-order valence-electron chi connectivity index (χ3n) is 5.54. The molecule has 2 rings (SSSR count). The molecule has 0 aromatic heterocycles. The number of esters is 1. The zero-order valence-electron chi connectivity index (χ0n) is 19.3. The molecule has 3 nitrogen and oxygen atoms in total. The van der Waals surface area contributed by atoms with Gasteiger partial charge in [0.2, 0.25) is 0 Å². The van der Waals surface area contributed by atoms with Gasteiger partial charge < -0.3 is 9.47 Å². The summed E-state index contributed by atoms with van der Waals surface area (Å²) >= 11 is 0. The van der Waals surface area contributed by atoms with Crippen LogP contribution in [0, 0.1) is 5.92 Å². The third-order valence-corrected chi connectivity index (χ3v) is 5.54. The second-order valence-corrected chi connectivity index (χ2v) is 8.30. The average Bonchev–Trinajstić information content (AvgIpc) is 2.80. The average molecular weight is 423 g/mol. The van der Waals surface area contributed by atoms with Crippen LogP contribution in [-0.4, -0.2) is 12.6 Å². The Bertz CT molecular complexity index is 762. The summed E-state index contributed by atoms with van der Waals surface area (Å²) in [6, 6.07) is 15.8. The topological polar surface area (TPSA) is 35.5 Å². The van der Waals surface area contributed by atoms with Crippen molar-refractivity contribution in [3.8, 4) is 22.6 Å². The van der Waals surface area contributed by atoms with E-state index in [-0.39, 0.29) is 5.97 Å². The highest BCUT2D eigenvalue weighted by Crippen LogP contribution is 2.25. The molecule has 2 aromatic carbocycles. The lowest BCUT2D eigenvalue weighted by Gasteiger charge is -2.11.